The molecule has 0 spiro atoms. The van der Waals surface area contributed by atoms with Crippen molar-refractivity contribution < 1.29 is 27.5 Å². The van der Waals surface area contributed by atoms with Gasteiger partial charge in [-0.05, 0) is 61.0 Å². The molecule has 0 amide bonds. The maximum Gasteiger partial charge on any atom is 0.343 e. The first kappa shape index (κ1) is 21.1. The number of rotatable bonds is 4. The minimum atomic E-state index is -0.681. The third-order valence-electron chi connectivity index (χ3n) is 5.16. The molecule has 8 heteroatoms. The van der Waals surface area contributed by atoms with Gasteiger partial charge in [-0.15, -0.1) is 0 Å². The number of carbonyl (C=O) groups excluding carboxylic acids is 1. The highest BCUT2D eigenvalue weighted by molar-refractivity contribution is 5.91. The Kier molecular flexibility index (Phi) is 5.18. The minimum Gasteiger partial charge on any atom is -0.460 e. The summed E-state index contributed by atoms with van der Waals surface area (Å²) in [4.78, 5) is 36.8. The van der Waals surface area contributed by atoms with Crippen LogP contribution in [-0.4, -0.2) is 5.97 Å². The molecule has 5 rings (SSSR count). The van der Waals surface area contributed by atoms with Crippen LogP contribution in [0.4, 0.5) is 4.39 Å². The Bertz CT molecular complexity index is 1680. The molecule has 2 heterocycles. The average Bonchev–Trinajstić information content (AvgIpc) is 2.81. The molecule has 5 aromatic rings. The summed E-state index contributed by atoms with van der Waals surface area (Å²) in [6.45, 7) is 1.79. The summed E-state index contributed by atoms with van der Waals surface area (Å²) >= 11 is 0. The molecule has 0 unspecified atom stereocenters. The Balaban J connectivity index is 1.42. The van der Waals surface area contributed by atoms with E-state index in [1.54, 1.807) is 19.1 Å². The number of aryl methyl sites for hydroxylation is 1. The Hall–Kier alpha value is -4.72. The Morgan fingerprint density at radius 2 is 1.56 bits per heavy atom. The molecule has 168 valence electrons. The van der Waals surface area contributed by atoms with Gasteiger partial charge in [-0.25, -0.2) is 14.0 Å². The number of fused-ring (bicyclic) bond motifs is 2. The number of benzene rings is 3. The topological polar surface area (TPSA) is 95.9 Å². The molecule has 34 heavy (non-hydrogen) atoms. The maximum absolute atomic E-state index is 13.0. The highest BCUT2D eigenvalue weighted by atomic mass is 19.1. The lowest BCUT2D eigenvalue weighted by atomic mass is 10.1. The van der Waals surface area contributed by atoms with Crippen molar-refractivity contribution in [3.05, 3.63) is 111 Å². The summed E-state index contributed by atoms with van der Waals surface area (Å²) in [6, 6.07) is 15.5. The summed E-state index contributed by atoms with van der Waals surface area (Å²) < 4.78 is 34.7. The molecule has 0 saturated carbocycles. The quantitative estimate of drug-likeness (QED) is 0.203. The van der Waals surface area contributed by atoms with E-state index in [-0.39, 0.29) is 33.8 Å². The molecule has 0 N–H and O–H groups in total. The minimum absolute atomic E-state index is 0.0714. The fourth-order valence-corrected chi connectivity index (χ4v) is 3.47. The van der Waals surface area contributed by atoms with Crippen molar-refractivity contribution >= 4 is 27.9 Å². The summed E-state index contributed by atoms with van der Waals surface area (Å²) in [5, 5.41) is 0.961. The van der Waals surface area contributed by atoms with Crippen LogP contribution >= 0.6 is 0 Å². The van der Waals surface area contributed by atoms with Crippen LogP contribution in [0.1, 0.15) is 15.9 Å². The van der Waals surface area contributed by atoms with Crippen molar-refractivity contribution in [1.29, 1.82) is 0 Å². The van der Waals surface area contributed by atoms with Crippen molar-refractivity contribution in [2.75, 3.05) is 0 Å². The molecular weight excluding hydrogens is 443 g/mol. The number of carbonyl (C=O) groups is 1. The van der Waals surface area contributed by atoms with E-state index in [2.05, 4.69) is 0 Å². The summed E-state index contributed by atoms with van der Waals surface area (Å²) in [5.41, 5.74) is 0.529. The molecule has 0 bridgehead atoms. The van der Waals surface area contributed by atoms with Crippen molar-refractivity contribution in [2.24, 2.45) is 0 Å². The van der Waals surface area contributed by atoms with E-state index >= 15 is 0 Å². The second-order valence-corrected chi connectivity index (χ2v) is 7.49. The molecule has 0 saturated heterocycles. The second-order valence-electron chi connectivity index (χ2n) is 7.49. The highest BCUT2D eigenvalue weighted by Crippen LogP contribution is 2.27. The Labute approximate surface area is 190 Å². The molecule has 0 radical (unpaired) electrons. The predicted octanol–water partition coefficient (Wildman–Crippen LogP) is 5.36. The van der Waals surface area contributed by atoms with Gasteiger partial charge in [0.15, 0.2) is 0 Å². The van der Waals surface area contributed by atoms with Gasteiger partial charge in [0.05, 0.1) is 10.9 Å². The van der Waals surface area contributed by atoms with E-state index in [0.717, 1.165) is 29.3 Å². The molecule has 0 fully saturated rings. The summed E-state index contributed by atoms with van der Waals surface area (Å²) in [7, 11) is 0. The van der Waals surface area contributed by atoms with E-state index in [9.17, 15) is 18.8 Å². The van der Waals surface area contributed by atoms with Crippen molar-refractivity contribution in [3.8, 4) is 17.2 Å². The van der Waals surface area contributed by atoms with Crippen LogP contribution in [0.3, 0.4) is 0 Å². The molecular formula is C26H15FO7. The monoisotopic (exact) mass is 458 g/mol. The van der Waals surface area contributed by atoms with Crippen molar-refractivity contribution in [3.63, 3.8) is 0 Å². The highest BCUT2D eigenvalue weighted by Gasteiger charge is 2.14. The van der Waals surface area contributed by atoms with Crippen LogP contribution in [0.2, 0.25) is 0 Å². The van der Waals surface area contributed by atoms with Gasteiger partial charge in [0.25, 0.3) is 0 Å². The lowest BCUT2D eigenvalue weighted by Gasteiger charge is -2.08. The number of hydrogen-bond acceptors (Lipinski definition) is 7. The molecule has 2 aromatic heterocycles. The van der Waals surface area contributed by atoms with Crippen LogP contribution in [0.25, 0.3) is 21.9 Å². The largest absolute Gasteiger partial charge is 0.460 e. The third-order valence-corrected chi connectivity index (χ3v) is 5.16. The van der Waals surface area contributed by atoms with Crippen molar-refractivity contribution in [1.82, 2.24) is 0 Å². The Morgan fingerprint density at radius 1 is 0.853 bits per heavy atom. The van der Waals surface area contributed by atoms with Gasteiger partial charge >= 0.3 is 11.6 Å². The zero-order valence-electron chi connectivity index (χ0n) is 17.7. The van der Waals surface area contributed by atoms with Gasteiger partial charge < -0.3 is 18.3 Å². The zero-order chi connectivity index (χ0) is 23.8. The van der Waals surface area contributed by atoms with Gasteiger partial charge in [-0.3, -0.25) is 4.79 Å². The van der Waals surface area contributed by atoms with E-state index in [1.807, 2.05) is 0 Å². The number of halogens is 1. The smallest absolute Gasteiger partial charge is 0.343 e. The molecule has 3 aromatic carbocycles. The van der Waals surface area contributed by atoms with Gasteiger partial charge in [0, 0.05) is 23.6 Å². The van der Waals surface area contributed by atoms with Crippen molar-refractivity contribution in [2.45, 2.75) is 6.92 Å². The molecule has 0 aliphatic heterocycles. The lowest BCUT2D eigenvalue weighted by molar-refractivity contribution is 0.0735. The van der Waals surface area contributed by atoms with Gasteiger partial charge in [-0.1, -0.05) is 0 Å². The van der Waals surface area contributed by atoms with Crippen LogP contribution < -0.4 is 20.5 Å². The number of hydrogen-bond donors (Lipinski definition) is 0. The summed E-state index contributed by atoms with van der Waals surface area (Å²) in [5.74, 6) is -0.778. The second kappa shape index (κ2) is 8.32. The molecule has 0 atom stereocenters. The van der Waals surface area contributed by atoms with E-state index in [0.29, 0.717) is 5.58 Å². The first-order valence-electron chi connectivity index (χ1n) is 10.1. The molecule has 0 aliphatic carbocycles. The van der Waals surface area contributed by atoms with Crippen LogP contribution in [0.5, 0.6) is 17.2 Å². The van der Waals surface area contributed by atoms with Crippen LogP contribution in [-0.2, 0) is 0 Å². The van der Waals surface area contributed by atoms with E-state index < -0.39 is 22.8 Å². The fourth-order valence-electron chi connectivity index (χ4n) is 3.47. The van der Waals surface area contributed by atoms with Crippen LogP contribution in [0.15, 0.2) is 91.4 Å². The third kappa shape index (κ3) is 4.04. The molecule has 7 nitrogen and oxygen atoms in total. The van der Waals surface area contributed by atoms with Crippen LogP contribution in [0, 0.1) is 12.7 Å². The molecule has 0 aliphatic rings. The summed E-state index contributed by atoms with van der Waals surface area (Å²) in [6.07, 6.45) is 1.15. The fraction of sp³-hybridized carbons (Fsp3) is 0.0385. The zero-order valence-corrected chi connectivity index (χ0v) is 17.7. The predicted molar refractivity (Wildman–Crippen MR) is 121 cm³/mol. The lowest BCUT2D eigenvalue weighted by Crippen LogP contribution is -2.09. The first-order valence-corrected chi connectivity index (χ1v) is 10.1. The first-order chi connectivity index (χ1) is 16.4. The standard InChI is InChI=1S/C26H15FO7/c1-14-10-24(28)34-22-12-17(6-8-19(14)22)32-23-13-31-21-11-18(7-9-20(21)25(23)29)33-26(30)15-2-4-16(27)5-3-15/h2-13H,1H3. The van der Waals surface area contributed by atoms with Gasteiger partial charge in [-0.2, -0.15) is 0 Å². The van der Waals surface area contributed by atoms with Gasteiger partial charge in [0.1, 0.15) is 34.7 Å². The normalized spacial score (nSPS) is 11.0. The SMILES string of the molecule is Cc1cc(=O)oc2cc(Oc3coc4cc(OC(=O)c5ccc(F)cc5)ccc4c3=O)ccc12. The van der Waals surface area contributed by atoms with Gasteiger partial charge in [0.2, 0.25) is 11.2 Å². The number of esters is 1. The van der Waals surface area contributed by atoms with E-state index in [1.165, 1.54) is 42.5 Å². The average molecular weight is 458 g/mol. The number of ether oxygens (including phenoxy) is 2. The van der Waals surface area contributed by atoms with E-state index in [4.69, 9.17) is 18.3 Å². The Morgan fingerprint density at radius 3 is 2.35 bits per heavy atom. The maximum atomic E-state index is 13.0.